The minimum atomic E-state index is 0.183. The Morgan fingerprint density at radius 2 is 1.77 bits per heavy atom. The number of urea groups is 1. The fourth-order valence-electron chi connectivity index (χ4n) is 4.89. The number of fused-ring (bicyclic) bond motifs is 2. The predicted molar refractivity (Wildman–Crippen MR) is 86.8 cm³/mol. The van der Waals surface area contributed by atoms with Crippen LogP contribution in [0.25, 0.3) is 0 Å². The summed E-state index contributed by atoms with van der Waals surface area (Å²) in [6.07, 6.45) is 2.50. The number of benzene rings is 1. The van der Waals surface area contributed by atoms with E-state index in [1.807, 2.05) is 14.1 Å². The zero-order valence-corrected chi connectivity index (χ0v) is 13.5. The summed E-state index contributed by atoms with van der Waals surface area (Å²) in [6.45, 7) is 3.28. The standard InChI is InChI=1S/C18H25N3O/c1-19(2)18(22)21-12-15(13-6-4-3-5-7-13)17-16(21)14-8-10-20(17)11-9-14/h3-7,14-17H,8-12H2,1-2H3/t15-,16+,17+/m1/s1. The van der Waals surface area contributed by atoms with E-state index in [4.69, 9.17) is 0 Å². The van der Waals surface area contributed by atoms with Crippen LogP contribution in [0.5, 0.6) is 0 Å². The van der Waals surface area contributed by atoms with Crippen LogP contribution in [0.15, 0.2) is 30.3 Å². The second-order valence-corrected chi connectivity index (χ2v) is 7.20. The van der Waals surface area contributed by atoms with Crippen LogP contribution in [0.1, 0.15) is 24.3 Å². The lowest BCUT2D eigenvalue weighted by Crippen LogP contribution is -2.61. The molecule has 4 aliphatic heterocycles. The molecule has 5 rings (SSSR count). The molecule has 2 amide bonds. The van der Waals surface area contributed by atoms with Crippen LogP contribution >= 0.6 is 0 Å². The van der Waals surface area contributed by atoms with Crippen molar-refractivity contribution in [3.05, 3.63) is 35.9 Å². The summed E-state index contributed by atoms with van der Waals surface area (Å²) in [7, 11) is 3.74. The van der Waals surface area contributed by atoms with E-state index in [9.17, 15) is 4.79 Å². The van der Waals surface area contributed by atoms with Crippen molar-refractivity contribution in [3.8, 4) is 0 Å². The SMILES string of the molecule is CN(C)C(=O)N1C[C@H](c2ccccc2)[C@H]2[C@@H]1C1CCN2CC1. The van der Waals surface area contributed by atoms with E-state index in [1.54, 1.807) is 4.90 Å². The largest absolute Gasteiger partial charge is 0.331 e. The zero-order chi connectivity index (χ0) is 15.3. The third-order valence-corrected chi connectivity index (χ3v) is 5.85. The van der Waals surface area contributed by atoms with Crippen LogP contribution in [0, 0.1) is 5.92 Å². The molecule has 4 heterocycles. The number of rotatable bonds is 1. The van der Waals surface area contributed by atoms with Gasteiger partial charge in [-0.3, -0.25) is 4.90 Å². The van der Waals surface area contributed by atoms with Crippen LogP contribution < -0.4 is 0 Å². The molecule has 0 saturated carbocycles. The minimum absolute atomic E-state index is 0.183. The molecule has 0 spiro atoms. The van der Waals surface area contributed by atoms with E-state index in [0.29, 0.717) is 23.9 Å². The van der Waals surface area contributed by atoms with Crippen molar-refractivity contribution in [2.75, 3.05) is 33.7 Å². The molecule has 118 valence electrons. The molecule has 0 unspecified atom stereocenters. The fraction of sp³-hybridized carbons (Fsp3) is 0.611. The van der Waals surface area contributed by atoms with Gasteiger partial charge in [-0.2, -0.15) is 0 Å². The highest BCUT2D eigenvalue weighted by Gasteiger charge is 2.54. The van der Waals surface area contributed by atoms with Crippen molar-refractivity contribution in [1.29, 1.82) is 0 Å². The fourth-order valence-corrected chi connectivity index (χ4v) is 4.89. The molecule has 2 bridgehead atoms. The summed E-state index contributed by atoms with van der Waals surface area (Å²) in [5.74, 6) is 1.14. The number of nitrogens with zero attached hydrogens (tertiary/aromatic N) is 3. The van der Waals surface area contributed by atoms with Crippen LogP contribution in [0.2, 0.25) is 0 Å². The summed E-state index contributed by atoms with van der Waals surface area (Å²) in [4.78, 5) is 19.2. The second-order valence-electron chi connectivity index (χ2n) is 7.20. The van der Waals surface area contributed by atoms with Crippen LogP contribution in [0.4, 0.5) is 4.79 Å². The van der Waals surface area contributed by atoms with Gasteiger partial charge in [0.15, 0.2) is 0 Å². The molecule has 22 heavy (non-hydrogen) atoms. The first kappa shape index (κ1) is 14.1. The Hall–Kier alpha value is -1.55. The topological polar surface area (TPSA) is 26.8 Å². The Bertz CT molecular complexity index is 551. The highest BCUT2D eigenvalue weighted by atomic mass is 16.2. The monoisotopic (exact) mass is 299 g/mol. The molecule has 0 radical (unpaired) electrons. The van der Waals surface area contributed by atoms with Crippen LogP contribution in [0.3, 0.4) is 0 Å². The summed E-state index contributed by atoms with van der Waals surface area (Å²) in [5.41, 5.74) is 1.39. The highest BCUT2D eigenvalue weighted by molar-refractivity contribution is 5.75. The molecule has 0 aromatic heterocycles. The van der Waals surface area contributed by atoms with E-state index in [2.05, 4.69) is 40.1 Å². The number of hydrogen-bond acceptors (Lipinski definition) is 2. The average molecular weight is 299 g/mol. The summed E-state index contributed by atoms with van der Waals surface area (Å²) >= 11 is 0. The molecule has 4 aliphatic rings. The number of piperidine rings is 3. The van der Waals surface area contributed by atoms with Crippen molar-refractivity contribution < 1.29 is 4.79 Å². The van der Waals surface area contributed by atoms with Crippen molar-refractivity contribution in [3.63, 3.8) is 0 Å². The maximum Gasteiger partial charge on any atom is 0.319 e. The van der Waals surface area contributed by atoms with Gasteiger partial charge in [0.1, 0.15) is 0 Å². The van der Waals surface area contributed by atoms with Crippen molar-refractivity contribution in [1.82, 2.24) is 14.7 Å². The summed E-state index contributed by atoms with van der Waals surface area (Å²) in [5, 5.41) is 0. The highest BCUT2D eigenvalue weighted by Crippen LogP contribution is 2.46. The van der Waals surface area contributed by atoms with E-state index in [-0.39, 0.29) is 6.03 Å². The number of amides is 2. The Morgan fingerprint density at radius 1 is 1.09 bits per heavy atom. The predicted octanol–water partition coefficient (Wildman–Crippen LogP) is 2.23. The zero-order valence-electron chi connectivity index (χ0n) is 13.5. The second kappa shape index (κ2) is 5.27. The lowest BCUT2D eigenvalue weighted by atomic mass is 9.75. The summed E-state index contributed by atoms with van der Waals surface area (Å²) < 4.78 is 0. The Balaban J connectivity index is 1.71. The van der Waals surface area contributed by atoms with E-state index in [1.165, 1.54) is 31.5 Å². The van der Waals surface area contributed by atoms with Gasteiger partial charge >= 0.3 is 6.03 Å². The molecule has 0 N–H and O–H groups in total. The van der Waals surface area contributed by atoms with Crippen molar-refractivity contribution >= 4 is 6.03 Å². The van der Waals surface area contributed by atoms with Gasteiger partial charge in [0, 0.05) is 32.6 Å². The summed E-state index contributed by atoms with van der Waals surface area (Å²) in [6, 6.07) is 11.9. The molecule has 0 aliphatic carbocycles. The molecule has 3 atom stereocenters. The smallest absolute Gasteiger partial charge is 0.319 e. The molecular weight excluding hydrogens is 274 g/mol. The lowest BCUT2D eigenvalue weighted by Gasteiger charge is -2.51. The maximum atomic E-state index is 12.7. The van der Waals surface area contributed by atoms with Gasteiger partial charge in [-0.05, 0) is 37.4 Å². The Morgan fingerprint density at radius 3 is 2.41 bits per heavy atom. The van der Waals surface area contributed by atoms with Crippen molar-refractivity contribution in [2.24, 2.45) is 5.92 Å². The third-order valence-electron chi connectivity index (χ3n) is 5.85. The van der Waals surface area contributed by atoms with Crippen LogP contribution in [-0.4, -0.2) is 66.5 Å². The quantitative estimate of drug-likeness (QED) is 0.795. The van der Waals surface area contributed by atoms with Gasteiger partial charge in [-0.15, -0.1) is 0 Å². The van der Waals surface area contributed by atoms with E-state index in [0.717, 1.165) is 6.54 Å². The number of carbonyl (C=O) groups is 1. The van der Waals surface area contributed by atoms with Gasteiger partial charge in [0.05, 0.1) is 6.04 Å². The van der Waals surface area contributed by atoms with Gasteiger partial charge < -0.3 is 9.80 Å². The number of hydrogen-bond donors (Lipinski definition) is 0. The first-order valence-electron chi connectivity index (χ1n) is 8.43. The first-order valence-corrected chi connectivity index (χ1v) is 8.43. The maximum absolute atomic E-state index is 12.7. The molecular formula is C18H25N3O. The van der Waals surface area contributed by atoms with Gasteiger partial charge in [-0.1, -0.05) is 30.3 Å². The molecule has 4 saturated heterocycles. The third kappa shape index (κ3) is 2.04. The first-order chi connectivity index (χ1) is 10.7. The molecule has 1 aromatic rings. The Kier molecular flexibility index (Phi) is 3.37. The molecule has 4 nitrogen and oxygen atoms in total. The Labute approximate surface area is 132 Å². The van der Waals surface area contributed by atoms with E-state index < -0.39 is 0 Å². The number of carbonyl (C=O) groups excluding carboxylic acids is 1. The van der Waals surface area contributed by atoms with E-state index >= 15 is 0 Å². The molecule has 4 fully saturated rings. The van der Waals surface area contributed by atoms with Gasteiger partial charge in [0.25, 0.3) is 0 Å². The van der Waals surface area contributed by atoms with Gasteiger partial charge in [-0.25, -0.2) is 4.79 Å². The van der Waals surface area contributed by atoms with Crippen molar-refractivity contribution in [2.45, 2.75) is 30.8 Å². The molecule has 1 aromatic carbocycles. The minimum Gasteiger partial charge on any atom is -0.331 e. The molecule has 4 heteroatoms. The van der Waals surface area contributed by atoms with Crippen LogP contribution in [-0.2, 0) is 0 Å². The number of likely N-dealkylation sites (tertiary alicyclic amines) is 1. The average Bonchev–Trinajstić information content (AvgIpc) is 2.98. The van der Waals surface area contributed by atoms with Gasteiger partial charge in [0.2, 0.25) is 0 Å². The normalized spacial score (nSPS) is 36.3. The lowest BCUT2D eigenvalue weighted by molar-refractivity contribution is 0.000906.